The van der Waals surface area contributed by atoms with Gasteiger partial charge in [0.25, 0.3) is 0 Å². The highest BCUT2D eigenvalue weighted by Crippen LogP contribution is 2.25. The van der Waals surface area contributed by atoms with E-state index in [2.05, 4.69) is 4.98 Å². The van der Waals surface area contributed by atoms with E-state index in [1.165, 1.54) is 12.1 Å². The number of rotatable bonds is 3. The molecule has 3 aromatic rings. The average Bonchev–Trinajstić information content (AvgIpc) is 2.47. The van der Waals surface area contributed by atoms with Gasteiger partial charge in [-0.3, -0.25) is 4.98 Å². The number of fused-ring (bicyclic) bond motifs is 1. The highest BCUT2D eigenvalue weighted by Gasteiger charge is 2.13. The molecule has 106 valence electrons. The topological polar surface area (TPSA) is 33.1 Å². The van der Waals surface area contributed by atoms with E-state index in [1.807, 2.05) is 37.3 Å². The summed E-state index contributed by atoms with van der Waals surface area (Å²) >= 11 is 0. The largest absolute Gasteiger partial charge is 0.388 e. The lowest BCUT2D eigenvalue weighted by atomic mass is 9.96. The third-order valence-corrected chi connectivity index (χ3v) is 3.74. The van der Waals surface area contributed by atoms with Gasteiger partial charge in [-0.2, -0.15) is 0 Å². The van der Waals surface area contributed by atoms with Gasteiger partial charge in [0.1, 0.15) is 5.82 Å². The van der Waals surface area contributed by atoms with Gasteiger partial charge >= 0.3 is 0 Å². The van der Waals surface area contributed by atoms with Crippen molar-refractivity contribution >= 4 is 10.9 Å². The molecule has 0 fully saturated rings. The fraction of sp³-hybridized carbons (Fsp3) is 0.167. The number of pyridine rings is 1. The summed E-state index contributed by atoms with van der Waals surface area (Å²) in [4.78, 5) is 4.32. The van der Waals surface area contributed by atoms with Crippen LogP contribution in [0.1, 0.15) is 22.8 Å². The van der Waals surface area contributed by atoms with Crippen molar-refractivity contribution in [3.8, 4) is 0 Å². The minimum absolute atomic E-state index is 0.280. The zero-order valence-corrected chi connectivity index (χ0v) is 11.8. The molecule has 1 N–H and O–H groups in total. The maximum absolute atomic E-state index is 13.2. The highest BCUT2D eigenvalue weighted by atomic mass is 19.1. The first-order valence-electron chi connectivity index (χ1n) is 6.92. The molecule has 0 saturated carbocycles. The molecule has 0 amide bonds. The van der Waals surface area contributed by atoms with E-state index in [0.717, 1.165) is 27.6 Å². The average molecular weight is 281 g/mol. The first kappa shape index (κ1) is 13.7. The number of aliphatic hydroxyl groups is 1. The molecule has 21 heavy (non-hydrogen) atoms. The molecule has 2 aromatic carbocycles. The number of aryl methyl sites for hydroxylation is 1. The molecule has 0 aliphatic rings. The molecule has 0 spiro atoms. The van der Waals surface area contributed by atoms with Gasteiger partial charge in [-0.25, -0.2) is 4.39 Å². The first-order chi connectivity index (χ1) is 10.1. The lowest BCUT2D eigenvalue weighted by Gasteiger charge is -2.15. The van der Waals surface area contributed by atoms with Gasteiger partial charge in [-0.15, -0.1) is 0 Å². The second-order valence-electron chi connectivity index (χ2n) is 5.21. The molecule has 1 heterocycles. The van der Waals surface area contributed by atoms with Gasteiger partial charge < -0.3 is 5.11 Å². The first-order valence-corrected chi connectivity index (χ1v) is 6.92. The van der Waals surface area contributed by atoms with Crippen molar-refractivity contribution < 1.29 is 9.50 Å². The van der Waals surface area contributed by atoms with E-state index in [4.69, 9.17) is 0 Å². The summed E-state index contributed by atoms with van der Waals surface area (Å²) in [5, 5.41) is 11.5. The number of aliphatic hydroxyl groups excluding tert-OH is 1. The summed E-state index contributed by atoms with van der Waals surface area (Å²) in [6.45, 7) is 1.81. The van der Waals surface area contributed by atoms with Crippen LogP contribution in [0.5, 0.6) is 0 Å². The molecule has 3 rings (SSSR count). The third kappa shape index (κ3) is 2.78. The summed E-state index contributed by atoms with van der Waals surface area (Å²) in [7, 11) is 0. The second-order valence-corrected chi connectivity index (χ2v) is 5.21. The summed E-state index contributed by atoms with van der Waals surface area (Å²) in [5.41, 5.74) is 3.48. The fourth-order valence-electron chi connectivity index (χ4n) is 2.66. The van der Waals surface area contributed by atoms with Gasteiger partial charge in [0.2, 0.25) is 0 Å². The summed E-state index contributed by atoms with van der Waals surface area (Å²) < 4.78 is 13.2. The molecule has 2 nitrogen and oxygen atoms in total. The smallest absolute Gasteiger partial charge is 0.123 e. The van der Waals surface area contributed by atoms with E-state index in [0.29, 0.717) is 6.42 Å². The zero-order valence-electron chi connectivity index (χ0n) is 11.8. The van der Waals surface area contributed by atoms with Crippen LogP contribution in [0.2, 0.25) is 0 Å². The Morgan fingerprint density at radius 3 is 2.76 bits per heavy atom. The molecule has 1 atom stereocenters. The molecule has 0 aliphatic heterocycles. The van der Waals surface area contributed by atoms with E-state index in [1.54, 1.807) is 12.3 Å². The van der Waals surface area contributed by atoms with Crippen LogP contribution in [0.3, 0.4) is 0 Å². The Hall–Kier alpha value is -2.26. The summed E-state index contributed by atoms with van der Waals surface area (Å²) in [5.74, 6) is -0.280. The SMILES string of the molecule is Cc1cc(F)ccc1C(O)Cc1ccnc2ccccc12. The van der Waals surface area contributed by atoms with Gasteiger partial charge in [0.05, 0.1) is 11.6 Å². The van der Waals surface area contributed by atoms with Crippen molar-refractivity contribution in [2.45, 2.75) is 19.4 Å². The fourth-order valence-corrected chi connectivity index (χ4v) is 2.66. The highest BCUT2D eigenvalue weighted by molar-refractivity contribution is 5.81. The Kier molecular flexibility index (Phi) is 3.67. The normalized spacial score (nSPS) is 12.5. The van der Waals surface area contributed by atoms with Crippen molar-refractivity contribution in [2.75, 3.05) is 0 Å². The number of aromatic nitrogens is 1. The Balaban J connectivity index is 1.94. The maximum Gasteiger partial charge on any atom is 0.123 e. The summed E-state index contributed by atoms with van der Waals surface area (Å²) in [6.07, 6.45) is 1.58. The minimum Gasteiger partial charge on any atom is -0.388 e. The van der Waals surface area contributed by atoms with Gasteiger partial charge in [0, 0.05) is 18.0 Å². The molecular weight excluding hydrogens is 265 g/mol. The standard InChI is InChI=1S/C18H16FNO/c1-12-10-14(19)6-7-15(12)18(21)11-13-8-9-20-17-5-3-2-4-16(13)17/h2-10,18,21H,11H2,1H3. The Morgan fingerprint density at radius 2 is 1.95 bits per heavy atom. The molecule has 0 aliphatic carbocycles. The Bertz CT molecular complexity index is 780. The number of halogens is 1. The van der Waals surface area contributed by atoms with Gasteiger partial charge in [-0.1, -0.05) is 24.3 Å². The lowest BCUT2D eigenvalue weighted by molar-refractivity contribution is 0.178. The van der Waals surface area contributed by atoms with Crippen LogP contribution in [-0.4, -0.2) is 10.1 Å². The van der Waals surface area contributed by atoms with E-state index in [9.17, 15) is 9.50 Å². The summed E-state index contributed by atoms with van der Waals surface area (Å²) in [6, 6.07) is 14.3. The molecule has 0 bridgehead atoms. The maximum atomic E-state index is 13.2. The third-order valence-electron chi connectivity index (χ3n) is 3.74. The van der Waals surface area contributed by atoms with Crippen LogP contribution in [-0.2, 0) is 6.42 Å². The Labute approximate surface area is 122 Å². The quantitative estimate of drug-likeness (QED) is 0.788. The number of hydrogen-bond acceptors (Lipinski definition) is 2. The molecule has 1 unspecified atom stereocenters. The minimum atomic E-state index is -0.656. The van der Waals surface area contributed by atoms with Gasteiger partial charge in [0.15, 0.2) is 0 Å². The van der Waals surface area contributed by atoms with E-state index >= 15 is 0 Å². The van der Waals surface area contributed by atoms with Gasteiger partial charge in [-0.05, 0) is 47.9 Å². The molecular formula is C18H16FNO. The zero-order chi connectivity index (χ0) is 14.8. The number of para-hydroxylation sites is 1. The predicted octanol–water partition coefficient (Wildman–Crippen LogP) is 3.96. The van der Waals surface area contributed by atoms with Crippen LogP contribution < -0.4 is 0 Å². The van der Waals surface area contributed by atoms with Crippen molar-refractivity contribution in [3.05, 3.63) is 77.2 Å². The predicted molar refractivity (Wildman–Crippen MR) is 81.5 cm³/mol. The second kappa shape index (κ2) is 5.62. The molecule has 1 aromatic heterocycles. The lowest BCUT2D eigenvalue weighted by Crippen LogP contribution is -2.05. The van der Waals surface area contributed by atoms with Crippen molar-refractivity contribution in [3.63, 3.8) is 0 Å². The number of benzene rings is 2. The van der Waals surface area contributed by atoms with Crippen molar-refractivity contribution in [1.29, 1.82) is 0 Å². The van der Waals surface area contributed by atoms with Crippen LogP contribution in [0.25, 0.3) is 10.9 Å². The number of nitrogens with zero attached hydrogens (tertiary/aromatic N) is 1. The van der Waals surface area contributed by atoms with Crippen molar-refractivity contribution in [1.82, 2.24) is 4.98 Å². The number of hydrogen-bond donors (Lipinski definition) is 1. The van der Waals surface area contributed by atoms with E-state index < -0.39 is 6.10 Å². The van der Waals surface area contributed by atoms with Crippen LogP contribution in [0.4, 0.5) is 4.39 Å². The van der Waals surface area contributed by atoms with Crippen LogP contribution in [0.15, 0.2) is 54.7 Å². The van der Waals surface area contributed by atoms with Crippen molar-refractivity contribution in [2.24, 2.45) is 0 Å². The van der Waals surface area contributed by atoms with Crippen LogP contribution >= 0.6 is 0 Å². The molecule has 0 saturated heterocycles. The molecule has 0 radical (unpaired) electrons. The van der Waals surface area contributed by atoms with E-state index in [-0.39, 0.29) is 5.82 Å². The monoisotopic (exact) mass is 281 g/mol. The Morgan fingerprint density at radius 1 is 1.14 bits per heavy atom. The molecule has 3 heteroatoms. The van der Waals surface area contributed by atoms with Crippen LogP contribution in [0, 0.1) is 12.7 Å².